The zero-order valence-electron chi connectivity index (χ0n) is 14.7. The molecule has 24 heavy (non-hydrogen) atoms. The summed E-state index contributed by atoms with van der Waals surface area (Å²) in [5.41, 5.74) is 1.07. The van der Waals surface area contributed by atoms with Gasteiger partial charge in [0.05, 0.1) is 0 Å². The van der Waals surface area contributed by atoms with E-state index in [1.54, 1.807) is 19.3 Å². The maximum Gasteiger partial charge on any atom is 0.227 e. The van der Waals surface area contributed by atoms with E-state index >= 15 is 0 Å². The zero-order valence-corrected chi connectivity index (χ0v) is 15.5. The molecule has 1 aliphatic heterocycles. The van der Waals surface area contributed by atoms with Crippen LogP contribution in [0.4, 0.5) is 5.82 Å². The van der Waals surface area contributed by atoms with Crippen molar-refractivity contribution in [3.05, 3.63) is 23.9 Å². The van der Waals surface area contributed by atoms with Crippen molar-refractivity contribution in [2.75, 3.05) is 31.2 Å². The number of nitrogens with zero attached hydrogens (tertiary/aromatic N) is 2. The summed E-state index contributed by atoms with van der Waals surface area (Å²) in [6.07, 6.45) is 4.61. The summed E-state index contributed by atoms with van der Waals surface area (Å²) in [6, 6.07) is 3.73. The number of rotatable bonds is 6. The summed E-state index contributed by atoms with van der Waals surface area (Å²) in [6.45, 7) is 5.66. The third kappa shape index (κ3) is 6.03. The van der Waals surface area contributed by atoms with Gasteiger partial charge in [0.25, 0.3) is 0 Å². The second-order valence-corrected chi connectivity index (χ2v) is 7.96. The predicted octanol–water partition coefficient (Wildman–Crippen LogP) is 2.17. The zero-order chi connectivity index (χ0) is 17.4. The Labute approximate surface area is 148 Å². The number of hydrogen-bond acceptors (Lipinski definition) is 4. The summed E-state index contributed by atoms with van der Waals surface area (Å²) in [5.74, 6) is 2.49. The molecule has 1 aromatic rings. The minimum absolute atomic E-state index is 0.0624. The number of pyridine rings is 1. The average molecular weight is 350 g/mol. The van der Waals surface area contributed by atoms with Crippen molar-refractivity contribution in [2.24, 2.45) is 4.99 Å². The smallest absolute Gasteiger partial charge is 0.227 e. The van der Waals surface area contributed by atoms with Gasteiger partial charge in [-0.2, -0.15) is 11.8 Å². The third-order valence-corrected chi connectivity index (χ3v) is 5.52. The Kier molecular flexibility index (Phi) is 6.90. The van der Waals surface area contributed by atoms with Crippen molar-refractivity contribution in [3.8, 4) is 0 Å². The third-order valence-electron chi connectivity index (χ3n) is 3.98. The lowest BCUT2D eigenvalue weighted by molar-refractivity contribution is -0.116. The Morgan fingerprint density at radius 2 is 2.25 bits per heavy atom. The monoisotopic (exact) mass is 349 g/mol. The molecular weight excluding hydrogens is 322 g/mol. The number of anilines is 1. The van der Waals surface area contributed by atoms with Crippen molar-refractivity contribution in [1.29, 1.82) is 0 Å². The Balaban J connectivity index is 1.67. The molecule has 0 aliphatic carbocycles. The molecule has 1 fully saturated rings. The Morgan fingerprint density at radius 3 is 2.88 bits per heavy atom. The lowest BCUT2D eigenvalue weighted by Gasteiger charge is -2.24. The highest BCUT2D eigenvalue weighted by Crippen LogP contribution is 2.36. The molecule has 0 saturated carbocycles. The first-order valence-corrected chi connectivity index (χ1v) is 9.30. The number of aromatic nitrogens is 1. The van der Waals surface area contributed by atoms with Gasteiger partial charge in [-0.3, -0.25) is 9.79 Å². The second-order valence-electron chi connectivity index (χ2n) is 6.27. The fourth-order valence-electron chi connectivity index (χ4n) is 2.51. The number of carbonyl (C=O) groups is 1. The number of thioether (sulfide) groups is 1. The molecule has 1 atom stereocenters. The fraction of sp³-hybridized carbons (Fsp3) is 0.588. The highest BCUT2D eigenvalue weighted by Gasteiger charge is 2.29. The fourth-order valence-corrected chi connectivity index (χ4v) is 3.75. The SMILES string of the molecule is CN=C(NCCC(=O)Nc1ccc(C)cn1)NCC1(C)CCCS1. The number of carbonyl (C=O) groups excluding carboxylic acids is 1. The second kappa shape index (κ2) is 8.92. The van der Waals surface area contributed by atoms with Crippen LogP contribution < -0.4 is 16.0 Å². The maximum absolute atomic E-state index is 11.9. The van der Waals surface area contributed by atoms with E-state index < -0.39 is 0 Å². The van der Waals surface area contributed by atoms with Crippen LogP contribution in [-0.4, -0.2) is 47.5 Å². The molecule has 1 amide bonds. The molecule has 0 aromatic carbocycles. The van der Waals surface area contributed by atoms with Gasteiger partial charge in [-0.05, 0) is 44.1 Å². The molecule has 6 nitrogen and oxygen atoms in total. The topological polar surface area (TPSA) is 78.4 Å². The molecule has 2 heterocycles. The van der Waals surface area contributed by atoms with Crippen LogP contribution in [-0.2, 0) is 4.79 Å². The standard InChI is InChI=1S/C17H27N5OS/c1-13-5-6-14(20-11-13)22-15(23)7-9-19-16(18-3)21-12-17(2)8-4-10-24-17/h5-6,11H,4,7-10,12H2,1-3H3,(H2,18,19,21)(H,20,22,23). The van der Waals surface area contributed by atoms with Gasteiger partial charge >= 0.3 is 0 Å². The molecule has 1 aromatic heterocycles. The number of aryl methyl sites for hydroxylation is 1. The predicted molar refractivity (Wildman–Crippen MR) is 102 cm³/mol. The van der Waals surface area contributed by atoms with Gasteiger partial charge in [0, 0.05) is 37.5 Å². The molecule has 132 valence electrons. The summed E-state index contributed by atoms with van der Waals surface area (Å²) >= 11 is 2.01. The van der Waals surface area contributed by atoms with Crippen LogP contribution in [0.2, 0.25) is 0 Å². The van der Waals surface area contributed by atoms with E-state index in [-0.39, 0.29) is 10.7 Å². The van der Waals surface area contributed by atoms with Crippen molar-refractivity contribution >= 4 is 29.4 Å². The molecule has 0 bridgehead atoms. The van der Waals surface area contributed by atoms with Gasteiger partial charge in [0.1, 0.15) is 5.82 Å². The van der Waals surface area contributed by atoms with E-state index in [4.69, 9.17) is 0 Å². The van der Waals surface area contributed by atoms with Crippen molar-refractivity contribution < 1.29 is 4.79 Å². The summed E-state index contributed by atoms with van der Waals surface area (Å²) in [7, 11) is 1.75. The summed E-state index contributed by atoms with van der Waals surface area (Å²) in [5, 5.41) is 9.33. The molecule has 1 aliphatic rings. The Morgan fingerprint density at radius 1 is 1.42 bits per heavy atom. The molecule has 3 N–H and O–H groups in total. The largest absolute Gasteiger partial charge is 0.356 e. The first-order chi connectivity index (χ1) is 11.5. The van der Waals surface area contributed by atoms with Crippen LogP contribution in [0.1, 0.15) is 31.7 Å². The molecule has 0 spiro atoms. The van der Waals surface area contributed by atoms with Crippen molar-refractivity contribution in [2.45, 2.75) is 37.9 Å². The molecule has 2 rings (SSSR count). The summed E-state index contributed by atoms with van der Waals surface area (Å²) in [4.78, 5) is 20.3. The molecular formula is C17H27N5OS. The number of amides is 1. The van der Waals surface area contributed by atoms with Crippen LogP contribution in [0.25, 0.3) is 0 Å². The van der Waals surface area contributed by atoms with Crippen molar-refractivity contribution in [1.82, 2.24) is 15.6 Å². The van der Waals surface area contributed by atoms with Gasteiger partial charge in [-0.15, -0.1) is 0 Å². The quantitative estimate of drug-likeness (QED) is 0.542. The van der Waals surface area contributed by atoms with E-state index in [2.05, 4.69) is 32.9 Å². The van der Waals surface area contributed by atoms with Crippen LogP contribution in [0.15, 0.2) is 23.3 Å². The first-order valence-electron chi connectivity index (χ1n) is 8.32. The lowest BCUT2D eigenvalue weighted by atomic mass is 10.1. The number of aliphatic imine (C=N–C) groups is 1. The van der Waals surface area contributed by atoms with E-state index in [0.717, 1.165) is 18.1 Å². The number of guanidine groups is 1. The normalized spacial score (nSPS) is 20.7. The molecule has 1 saturated heterocycles. The Bertz CT molecular complexity index is 567. The van der Waals surface area contributed by atoms with E-state index in [1.807, 2.05) is 24.8 Å². The van der Waals surface area contributed by atoms with Crippen LogP contribution in [0.5, 0.6) is 0 Å². The van der Waals surface area contributed by atoms with Gasteiger partial charge < -0.3 is 16.0 Å². The molecule has 7 heteroatoms. The van der Waals surface area contributed by atoms with E-state index in [0.29, 0.717) is 18.8 Å². The van der Waals surface area contributed by atoms with Crippen LogP contribution in [0, 0.1) is 6.92 Å². The Hall–Kier alpha value is -1.76. The lowest BCUT2D eigenvalue weighted by Crippen LogP contribution is -2.44. The highest BCUT2D eigenvalue weighted by atomic mass is 32.2. The van der Waals surface area contributed by atoms with E-state index in [9.17, 15) is 4.79 Å². The minimum atomic E-state index is -0.0624. The minimum Gasteiger partial charge on any atom is -0.356 e. The maximum atomic E-state index is 11.9. The highest BCUT2D eigenvalue weighted by molar-refractivity contribution is 8.00. The number of hydrogen-bond donors (Lipinski definition) is 3. The number of nitrogens with one attached hydrogen (secondary N) is 3. The van der Waals surface area contributed by atoms with E-state index in [1.165, 1.54) is 18.6 Å². The average Bonchev–Trinajstić information content (AvgIpc) is 3.00. The van der Waals surface area contributed by atoms with Gasteiger partial charge in [-0.1, -0.05) is 6.07 Å². The molecule has 0 radical (unpaired) electrons. The van der Waals surface area contributed by atoms with Gasteiger partial charge in [0.15, 0.2) is 5.96 Å². The van der Waals surface area contributed by atoms with Gasteiger partial charge in [-0.25, -0.2) is 4.98 Å². The van der Waals surface area contributed by atoms with Crippen molar-refractivity contribution in [3.63, 3.8) is 0 Å². The first kappa shape index (κ1) is 18.6. The summed E-state index contributed by atoms with van der Waals surface area (Å²) < 4.78 is 0.284. The molecule has 1 unspecified atom stereocenters. The van der Waals surface area contributed by atoms with Gasteiger partial charge in [0.2, 0.25) is 5.91 Å². The van der Waals surface area contributed by atoms with Crippen LogP contribution in [0.3, 0.4) is 0 Å². The van der Waals surface area contributed by atoms with Crippen LogP contribution >= 0.6 is 11.8 Å².